The summed E-state index contributed by atoms with van der Waals surface area (Å²) in [4.78, 5) is 0. The molecule has 1 aromatic rings. The highest BCUT2D eigenvalue weighted by Crippen LogP contribution is 2.54. The lowest BCUT2D eigenvalue weighted by atomic mass is 9.83. The summed E-state index contributed by atoms with van der Waals surface area (Å²) >= 11 is 0. The van der Waals surface area contributed by atoms with Crippen LogP contribution in [0.3, 0.4) is 0 Å². The molecule has 2 aliphatic heterocycles. The Morgan fingerprint density at radius 2 is 2.24 bits per heavy atom. The van der Waals surface area contributed by atoms with Gasteiger partial charge in [-0.3, -0.25) is 4.68 Å². The van der Waals surface area contributed by atoms with Gasteiger partial charge >= 0.3 is 0 Å². The molecular weight excluding hydrogens is 214 g/mol. The zero-order chi connectivity index (χ0) is 11.3. The first-order valence-electron chi connectivity index (χ1n) is 6.74. The fraction of sp³-hybridized carbons (Fsp3) is 0.769. The monoisotopic (exact) mass is 233 g/mol. The Labute approximate surface area is 101 Å². The molecule has 92 valence electrons. The number of rotatable bonds is 1. The van der Waals surface area contributed by atoms with Crippen LogP contribution < -0.4 is 5.32 Å². The van der Waals surface area contributed by atoms with Crippen molar-refractivity contribution >= 4 is 0 Å². The molecule has 2 saturated heterocycles. The van der Waals surface area contributed by atoms with Gasteiger partial charge in [-0.2, -0.15) is 5.10 Å². The highest BCUT2D eigenvalue weighted by Gasteiger charge is 2.56. The van der Waals surface area contributed by atoms with E-state index in [9.17, 15) is 0 Å². The van der Waals surface area contributed by atoms with Crippen LogP contribution >= 0.6 is 0 Å². The van der Waals surface area contributed by atoms with E-state index >= 15 is 0 Å². The molecule has 1 N–H and O–H groups in total. The van der Waals surface area contributed by atoms with Crippen LogP contribution in [0.25, 0.3) is 0 Å². The van der Waals surface area contributed by atoms with E-state index in [1.54, 1.807) is 0 Å². The minimum atomic E-state index is 0.138. The number of piperidine rings is 1. The minimum absolute atomic E-state index is 0.138. The number of aromatic nitrogens is 2. The second-order valence-corrected chi connectivity index (χ2v) is 5.75. The van der Waals surface area contributed by atoms with Crippen molar-refractivity contribution in [2.45, 2.75) is 43.4 Å². The highest BCUT2D eigenvalue weighted by molar-refractivity contribution is 5.06. The molecule has 3 fully saturated rings. The molecule has 4 rings (SSSR count). The molecule has 3 aliphatic rings. The maximum atomic E-state index is 6.34. The molecule has 0 bridgehead atoms. The second-order valence-electron chi connectivity index (χ2n) is 5.75. The molecule has 3 unspecified atom stereocenters. The van der Waals surface area contributed by atoms with Gasteiger partial charge in [0.05, 0.1) is 17.7 Å². The Morgan fingerprint density at radius 3 is 3.00 bits per heavy atom. The van der Waals surface area contributed by atoms with E-state index in [4.69, 9.17) is 4.74 Å². The molecule has 1 aromatic heterocycles. The topological polar surface area (TPSA) is 39.1 Å². The Kier molecular flexibility index (Phi) is 2.11. The third-order valence-electron chi connectivity index (χ3n) is 4.64. The summed E-state index contributed by atoms with van der Waals surface area (Å²) in [5.74, 6) is 0.718. The van der Waals surface area contributed by atoms with E-state index in [0.717, 1.165) is 38.3 Å². The first-order chi connectivity index (χ1) is 8.36. The van der Waals surface area contributed by atoms with Crippen molar-refractivity contribution in [1.29, 1.82) is 0 Å². The lowest BCUT2D eigenvalue weighted by molar-refractivity contribution is -0.120. The van der Waals surface area contributed by atoms with Crippen LogP contribution in [0, 0.1) is 5.92 Å². The molecule has 4 nitrogen and oxygen atoms in total. The Hall–Kier alpha value is -0.870. The first-order valence-corrected chi connectivity index (χ1v) is 6.74. The second kappa shape index (κ2) is 3.56. The smallest absolute Gasteiger partial charge is 0.0731 e. The van der Waals surface area contributed by atoms with Gasteiger partial charge in [-0.15, -0.1) is 0 Å². The van der Waals surface area contributed by atoms with Gasteiger partial charge in [-0.25, -0.2) is 0 Å². The molecular formula is C13H19N3O. The lowest BCUT2D eigenvalue weighted by Crippen LogP contribution is -2.48. The molecule has 0 aromatic carbocycles. The van der Waals surface area contributed by atoms with E-state index in [1.165, 1.54) is 6.42 Å². The average molecular weight is 233 g/mol. The number of nitrogens with one attached hydrogen (secondary N) is 1. The van der Waals surface area contributed by atoms with Crippen molar-refractivity contribution in [3.8, 4) is 0 Å². The molecule has 0 amide bonds. The average Bonchev–Trinajstić information content (AvgIpc) is 2.91. The van der Waals surface area contributed by atoms with Crippen molar-refractivity contribution in [1.82, 2.24) is 15.1 Å². The van der Waals surface area contributed by atoms with E-state index in [2.05, 4.69) is 21.3 Å². The molecule has 0 radical (unpaired) electrons. The number of fused-ring (bicyclic) bond motifs is 1. The predicted octanol–water partition coefficient (Wildman–Crippen LogP) is 1.36. The molecule has 1 saturated carbocycles. The van der Waals surface area contributed by atoms with E-state index in [0.29, 0.717) is 12.1 Å². The quantitative estimate of drug-likeness (QED) is 0.796. The highest BCUT2D eigenvalue weighted by atomic mass is 16.5. The molecule has 1 spiro atoms. The van der Waals surface area contributed by atoms with Crippen LogP contribution in [-0.2, 0) is 4.74 Å². The lowest BCUT2D eigenvalue weighted by Gasteiger charge is -2.43. The maximum Gasteiger partial charge on any atom is 0.0731 e. The summed E-state index contributed by atoms with van der Waals surface area (Å²) in [6.07, 6.45) is 9.22. The van der Waals surface area contributed by atoms with Crippen LogP contribution in [-0.4, -0.2) is 34.6 Å². The normalized spacial score (nSPS) is 38.9. The number of ether oxygens (including phenoxy) is 1. The molecule has 3 atom stereocenters. The van der Waals surface area contributed by atoms with E-state index < -0.39 is 0 Å². The van der Waals surface area contributed by atoms with Crippen molar-refractivity contribution in [2.24, 2.45) is 5.92 Å². The van der Waals surface area contributed by atoms with Gasteiger partial charge in [0.15, 0.2) is 0 Å². The summed E-state index contributed by atoms with van der Waals surface area (Å²) in [5.41, 5.74) is 0.138. The summed E-state index contributed by atoms with van der Waals surface area (Å²) in [5, 5.41) is 7.87. The van der Waals surface area contributed by atoms with E-state index in [-0.39, 0.29) is 5.60 Å². The summed E-state index contributed by atoms with van der Waals surface area (Å²) in [7, 11) is 0. The fourth-order valence-electron chi connectivity index (χ4n) is 3.60. The Bertz CT molecular complexity index is 397. The van der Waals surface area contributed by atoms with Crippen LogP contribution in [0.15, 0.2) is 18.5 Å². The van der Waals surface area contributed by atoms with Crippen LogP contribution in [0.4, 0.5) is 0 Å². The third-order valence-corrected chi connectivity index (χ3v) is 4.64. The Balaban J connectivity index is 1.60. The molecule has 4 heteroatoms. The van der Waals surface area contributed by atoms with Gasteiger partial charge in [0.2, 0.25) is 0 Å². The van der Waals surface area contributed by atoms with Gasteiger partial charge in [-0.05, 0) is 44.8 Å². The number of nitrogens with zero attached hydrogens (tertiary/aromatic N) is 2. The minimum Gasteiger partial charge on any atom is -0.371 e. The fourth-order valence-corrected chi connectivity index (χ4v) is 3.60. The summed E-state index contributed by atoms with van der Waals surface area (Å²) < 4.78 is 8.50. The SMILES string of the molecule is c1cnn(C2CC3(CCNCC3)OC3CC32)c1. The van der Waals surface area contributed by atoms with Crippen molar-refractivity contribution < 1.29 is 4.74 Å². The van der Waals surface area contributed by atoms with Gasteiger partial charge < -0.3 is 10.1 Å². The molecule has 17 heavy (non-hydrogen) atoms. The zero-order valence-electron chi connectivity index (χ0n) is 10.0. The van der Waals surface area contributed by atoms with Crippen molar-refractivity contribution in [3.05, 3.63) is 18.5 Å². The number of hydrogen-bond donors (Lipinski definition) is 1. The van der Waals surface area contributed by atoms with Gasteiger partial charge in [0.1, 0.15) is 0 Å². The largest absolute Gasteiger partial charge is 0.371 e. The van der Waals surface area contributed by atoms with Crippen molar-refractivity contribution in [3.63, 3.8) is 0 Å². The van der Waals surface area contributed by atoms with Crippen LogP contribution in [0.5, 0.6) is 0 Å². The van der Waals surface area contributed by atoms with Gasteiger partial charge in [-0.1, -0.05) is 0 Å². The van der Waals surface area contributed by atoms with Crippen molar-refractivity contribution in [2.75, 3.05) is 13.1 Å². The first kappa shape index (κ1) is 10.1. The van der Waals surface area contributed by atoms with Gasteiger partial charge in [0, 0.05) is 18.3 Å². The maximum absolute atomic E-state index is 6.34. The number of hydrogen-bond acceptors (Lipinski definition) is 3. The zero-order valence-corrected chi connectivity index (χ0v) is 10.0. The van der Waals surface area contributed by atoms with E-state index in [1.807, 2.05) is 12.3 Å². The summed E-state index contributed by atoms with van der Waals surface area (Å²) in [6.45, 7) is 2.20. The van der Waals surface area contributed by atoms with Crippen LogP contribution in [0.2, 0.25) is 0 Å². The Morgan fingerprint density at radius 1 is 1.35 bits per heavy atom. The predicted molar refractivity (Wildman–Crippen MR) is 63.7 cm³/mol. The molecule has 3 heterocycles. The molecule has 1 aliphatic carbocycles. The summed E-state index contributed by atoms with van der Waals surface area (Å²) in [6, 6.07) is 2.60. The van der Waals surface area contributed by atoms with Crippen LogP contribution in [0.1, 0.15) is 31.7 Å². The van der Waals surface area contributed by atoms with Gasteiger partial charge in [0.25, 0.3) is 0 Å². The standard InChI is InChI=1S/C13H19N3O/c1-4-15-16(7-1)11-9-13(2-5-14-6-3-13)17-12-8-10(11)12/h1,4,7,10-12,14H,2-3,5-6,8-9H2. The third kappa shape index (κ3) is 1.62.